The lowest BCUT2D eigenvalue weighted by Crippen LogP contribution is -2.07. The van der Waals surface area contributed by atoms with E-state index in [1.54, 1.807) is 0 Å². The van der Waals surface area contributed by atoms with Gasteiger partial charge in [0.15, 0.2) is 11.6 Å². The number of nitrogens with one attached hydrogen (secondary N) is 2. The molecule has 2 aromatic rings. The number of ether oxygens (including phenoxy) is 1. The molecule has 1 heterocycles. The Bertz CT molecular complexity index is 624. The molecule has 1 aromatic heterocycles. The fourth-order valence-electron chi connectivity index (χ4n) is 1.75. The maximum atomic E-state index is 13.3. The average Bonchev–Trinajstić information content (AvgIpc) is 2.49. The molecule has 0 spiro atoms. The van der Waals surface area contributed by atoms with Crippen molar-refractivity contribution in [3.63, 3.8) is 0 Å². The highest BCUT2D eigenvalue weighted by atomic mass is 35.5. The molecule has 0 saturated heterocycles. The van der Waals surface area contributed by atoms with Crippen LogP contribution in [0.1, 0.15) is 13.3 Å². The standard InChI is InChI=1S/C14H16ClFN4O/c1-3-6-17-13-12(21-2)14(19-8-18-13)20-11-7-9(16)4-5-10(11)15/h4-5,7-8H,3,6H2,1-2H3,(H2,17,18,19,20). The maximum absolute atomic E-state index is 13.3. The van der Waals surface area contributed by atoms with Gasteiger partial charge in [-0.05, 0) is 24.6 Å². The van der Waals surface area contributed by atoms with Gasteiger partial charge >= 0.3 is 0 Å². The molecule has 0 atom stereocenters. The van der Waals surface area contributed by atoms with Crippen LogP contribution in [0.25, 0.3) is 0 Å². The lowest BCUT2D eigenvalue weighted by Gasteiger charge is -2.14. The van der Waals surface area contributed by atoms with Gasteiger partial charge in [-0.2, -0.15) is 0 Å². The van der Waals surface area contributed by atoms with Crippen LogP contribution in [0, 0.1) is 5.82 Å². The van der Waals surface area contributed by atoms with Gasteiger partial charge in [-0.1, -0.05) is 18.5 Å². The Balaban J connectivity index is 2.33. The number of hydrogen-bond acceptors (Lipinski definition) is 5. The lowest BCUT2D eigenvalue weighted by atomic mass is 10.3. The molecule has 7 heteroatoms. The highest BCUT2D eigenvalue weighted by Gasteiger charge is 2.13. The summed E-state index contributed by atoms with van der Waals surface area (Å²) in [6, 6.07) is 4.06. The van der Waals surface area contributed by atoms with Crippen molar-refractivity contribution in [1.82, 2.24) is 9.97 Å². The summed E-state index contributed by atoms with van der Waals surface area (Å²) in [5.74, 6) is 1.05. The largest absolute Gasteiger partial charge is 0.490 e. The van der Waals surface area contributed by atoms with Gasteiger partial charge in [-0.3, -0.25) is 0 Å². The van der Waals surface area contributed by atoms with E-state index in [1.807, 2.05) is 6.92 Å². The van der Waals surface area contributed by atoms with Gasteiger partial charge in [-0.15, -0.1) is 0 Å². The lowest BCUT2D eigenvalue weighted by molar-refractivity contribution is 0.415. The van der Waals surface area contributed by atoms with E-state index in [0.717, 1.165) is 13.0 Å². The van der Waals surface area contributed by atoms with Gasteiger partial charge in [-0.25, -0.2) is 14.4 Å². The van der Waals surface area contributed by atoms with E-state index in [1.165, 1.54) is 31.6 Å². The highest BCUT2D eigenvalue weighted by molar-refractivity contribution is 6.33. The summed E-state index contributed by atoms with van der Waals surface area (Å²) in [4.78, 5) is 8.25. The molecular formula is C14H16ClFN4O. The predicted octanol–water partition coefficient (Wildman–Crippen LogP) is 3.84. The second-order valence-corrected chi connectivity index (χ2v) is 4.69. The number of hydrogen-bond donors (Lipinski definition) is 2. The number of rotatable bonds is 6. The molecule has 0 aliphatic rings. The number of halogens is 2. The molecule has 21 heavy (non-hydrogen) atoms. The van der Waals surface area contributed by atoms with Crippen LogP contribution in [0.5, 0.6) is 5.75 Å². The van der Waals surface area contributed by atoms with E-state index >= 15 is 0 Å². The third-order valence-electron chi connectivity index (χ3n) is 2.73. The van der Waals surface area contributed by atoms with E-state index < -0.39 is 0 Å². The van der Waals surface area contributed by atoms with Crippen LogP contribution in [0.2, 0.25) is 5.02 Å². The van der Waals surface area contributed by atoms with Gasteiger partial charge in [0.1, 0.15) is 12.1 Å². The molecule has 0 aliphatic heterocycles. The van der Waals surface area contributed by atoms with Crippen molar-refractivity contribution in [3.8, 4) is 5.75 Å². The summed E-state index contributed by atoms with van der Waals surface area (Å²) in [5.41, 5.74) is 0.412. The Morgan fingerprint density at radius 2 is 2.05 bits per heavy atom. The number of methoxy groups -OCH3 is 1. The first-order chi connectivity index (χ1) is 10.2. The van der Waals surface area contributed by atoms with Crippen LogP contribution in [0.3, 0.4) is 0 Å². The first kappa shape index (κ1) is 15.3. The summed E-state index contributed by atoms with van der Waals surface area (Å²) >= 11 is 6.04. The topological polar surface area (TPSA) is 59.1 Å². The van der Waals surface area contributed by atoms with Crippen LogP contribution < -0.4 is 15.4 Å². The maximum Gasteiger partial charge on any atom is 0.204 e. The first-order valence-corrected chi connectivity index (χ1v) is 6.88. The van der Waals surface area contributed by atoms with Crippen LogP contribution in [0.15, 0.2) is 24.5 Å². The van der Waals surface area contributed by atoms with E-state index in [4.69, 9.17) is 16.3 Å². The Morgan fingerprint density at radius 1 is 1.29 bits per heavy atom. The van der Waals surface area contributed by atoms with Gasteiger partial charge in [0.25, 0.3) is 0 Å². The van der Waals surface area contributed by atoms with Crippen LogP contribution >= 0.6 is 11.6 Å². The third-order valence-corrected chi connectivity index (χ3v) is 3.06. The smallest absolute Gasteiger partial charge is 0.204 e. The van der Waals surface area contributed by atoms with Gasteiger partial charge in [0.05, 0.1) is 17.8 Å². The number of aromatic nitrogens is 2. The average molecular weight is 311 g/mol. The normalized spacial score (nSPS) is 10.3. The molecule has 0 bridgehead atoms. The van der Waals surface area contributed by atoms with Crippen LogP contribution in [-0.4, -0.2) is 23.6 Å². The second kappa shape index (κ2) is 7.08. The fourth-order valence-corrected chi connectivity index (χ4v) is 1.91. The summed E-state index contributed by atoms with van der Waals surface area (Å²) in [6.07, 6.45) is 2.35. The van der Waals surface area contributed by atoms with Crippen molar-refractivity contribution in [2.24, 2.45) is 0 Å². The van der Waals surface area contributed by atoms with Crippen LogP contribution in [-0.2, 0) is 0 Å². The van der Waals surface area contributed by atoms with E-state index in [9.17, 15) is 4.39 Å². The molecule has 2 rings (SSSR count). The minimum Gasteiger partial charge on any atom is -0.490 e. The summed E-state index contributed by atoms with van der Waals surface area (Å²) in [5, 5.41) is 6.49. The Kier molecular flexibility index (Phi) is 5.16. The van der Waals surface area contributed by atoms with Crippen molar-refractivity contribution in [3.05, 3.63) is 35.4 Å². The summed E-state index contributed by atoms with van der Waals surface area (Å²) in [7, 11) is 1.52. The van der Waals surface area contributed by atoms with Crippen molar-refractivity contribution in [2.45, 2.75) is 13.3 Å². The highest BCUT2D eigenvalue weighted by Crippen LogP contribution is 2.33. The van der Waals surface area contributed by atoms with Crippen molar-refractivity contribution < 1.29 is 9.13 Å². The van der Waals surface area contributed by atoms with Gasteiger partial charge < -0.3 is 15.4 Å². The Morgan fingerprint density at radius 3 is 2.76 bits per heavy atom. The first-order valence-electron chi connectivity index (χ1n) is 6.50. The zero-order valence-corrected chi connectivity index (χ0v) is 12.5. The molecule has 1 aromatic carbocycles. The zero-order chi connectivity index (χ0) is 15.2. The van der Waals surface area contributed by atoms with Crippen molar-refractivity contribution >= 4 is 28.9 Å². The SMILES string of the molecule is CCCNc1ncnc(Nc2cc(F)ccc2Cl)c1OC. The van der Waals surface area contributed by atoms with Gasteiger partial charge in [0, 0.05) is 6.54 Å². The molecular weight excluding hydrogens is 295 g/mol. The molecule has 5 nitrogen and oxygen atoms in total. The minimum absolute atomic E-state index is 0.389. The molecule has 0 radical (unpaired) electrons. The monoisotopic (exact) mass is 310 g/mol. The van der Waals surface area contributed by atoms with Gasteiger partial charge in [0.2, 0.25) is 5.75 Å². The molecule has 0 fully saturated rings. The third kappa shape index (κ3) is 3.72. The van der Waals surface area contributed by atoms with Crippen LogP contribution in [0.4, 0.5) is 21.7 Å². The Hall–Kier alpha value is -2.08. The Labute approximate surface area is 127 Å². The molecule has 0 saturated carbocycles. The summed E-state index contributed by atoms with van der Waals surface area (Å²) < 4.78 is 18.6. The number of benzene rings is 1. The summed E-state index contributed by atoms with van der Waals surface area (Å²) in [6.45, 7) is 2.81. The number of nitrogens with zero attached hydrogens (tertiary/aromatic N) is 2. The molecule has 2 N–H and O–H groups in total. The van der Waals surface area contributed by atoms with Crippen molar-refractivity contribution in [2.75, 3.05) is 24.3 Å². The molecule has 0 unspecified atom stereocenters. The van der Waals surface area contributed by atoms with E-state index in [0.29, 0.717) is 28.1 Å². The zero-order valence-electron chi connectivity index (χ0n) is 11.8. The van der Waals surface area contributed by atoms with E-state index in [-0.39, 0.29) is 5.82 Å². The number of anilines is 3. The second-order valence-electron chi connectivity index (χ2n) is 4.28. The van der Waals surface area contributed by atoms with Crippen molar-refractivity contribution in [1.29, 1.82) is 0 Å². The predicted molar refractivity (Wildman–Crippen MR) is 82.1 cm³/mol. The molecule has 0 aliphatic carbocycles. The molecule has 112 valence electrons. The minimum atomic E-state index is -0.390. The quantitative estimate of drug-likeness (QED) is 0.849. The van der Waals surface area contributed by atoms with E-state index in [2.05, 4.69) is 20.6 Å². The molecule has 0 amide bonds. The fraction of sp³-hybridized carbons (Fsp3) is 0.286.